The van der Waals surface area contributed by atoms with Crippen LogP contribution in [0, 0.1) is 0 Å². The molecule has 0 aromatic rings. The molecule has 2 aliphatic rings. The molecule has 0 aromatic carbocycles. The van der Waals surface area contributed by atoms with E-state index >= 15 is 0 Å². The number of amides is 3. The maximum absolute atomic E-state index is 11.9. The molecule has 2 fully saturated rings. The molecule has 0 N–H and O–H groups in total. The molecule has 0 aliphatic carbocycles. The molecule has 2 heterocycles. The number of carbonyl (C=O) groups is 4. The van der Waals surface area contributed by atoms with E-state index in [2.05, 4.69) is 0 Å². The van der Waals surface area contributed by atoms with E-state index in [1.807, 2.05) is 0 Å². The number of nitrogens with zero attached hydrogens (tertiary/aromatic N) is 2. The van der Waals surface area contributed by atoms with Gasteiger partial charge in [0.15, 0.2) is 0 Å². The SMILES string of the molecule is O=C(CSCCC(=O)N1CCOCC1)ON1C(=O)CCC1=O. The van der Waals surface area contributed by atoms with Gasteiger partial charge in [0, 0.05) is 38.1 Å². The van der Waals surface area contributed by atoms with E-state index in [1.165, 1.54) is 11.8 Å². The number of rotatable bonds is 6. The predicted molar refractivity (Wildman–Crippen MR) is 76.5 cm³/mol. The molecule has 8 nitrogen and oxygen atoms in total. The number of hydrogen-bond donors (Lipinski definition) is 0. The molecule has 22 heavy (non-hydrogen) atoms. The molecule has 0 aromatic heterocycles. The summed E-state index contributed by atoms with van der Waals surface area (Å²) in [4.78, 5) is 52.4. The second-order valence-electron chi connectivity index (χ2n) is 4.84. The number of carbonyl (C=O) groups excluding carboxylic acids is 4. The summed E-state index contributed by atoms with van der Waals surface area (Å²) >= 11 is 1.24. The topological polar surface area (TPSA) is 93.2 Å². The fraction of sp³-hybridized carbons (Fsp3) is 0.692. The number of morpholine rings is 1. The van der Waals surface area contributed by atoms with Gasteiger partial charge in [0.2, 0.25) is 5.91 Å². The molecule has 2 saturated heterocycles. The Morgan fingerprint density at radius 1 is 1.14 bits per heavy atom. The van der Waals surface area contributed by atoms with E-state index in [-0.39, 0.29) is 24.5 Å². The number of hydrogen-bond acceptors (Lipinski definition) is 7. The van der Waals surface area contributed by atoms with Gasteiger partial charge in [-0.1, -0.05) is 0 Å². The van der Waals surface area contributed by atoms with Crippen LogP contribution in [-0.4, -0.2) is 71.5 Å². The fourth-order valence-corrected chi connectivity index (χ4v) is 2.75. The van der Waals surface area contributed by atoms with Crippen LogP contribution in [0.15, 0.2) is 0 Å². The summed E-state index contributed by atoms with van der Waals surface area (Å²) in [6.07, 6.45) is 0.486. The number of hydroxylamine groups is 2. The third kappa shape index (κ3) is 4.70. The van der Waals surface area contributed by atoms with Gasteiger partial charge in [-0.15, -0.1) is 16.8 Å². The molecule has 122 valence electrons. The average Bonchev–Trinajstić information content (AvgIpc) is 2.84. The van der Waals surface area contributed by atoms with Crippen LogP contribution in [0.5, 0.6) is 0 Å². The van der Waals surface area contributed by atoms with Gasteiger partial charge in [0.05, 0.1) is 19.0 Å². The van der Waals surface area contributed by atoms with Crippen molar-refractivity contribution in [1.29, 1.82) is 0 Å². The van der Waals surface area contributed by atoms with Crippen molar-refractivity contribution in [3.8, 4) is 0 Å². The van der Waals surface area contributed by atoms with E-state index in [9.17, 15) is 19.2 Å². The van der Waals surface area contributed by atoms with E-state index in [0.29, 0.717) is 43.5 Å². The van der Waals surface area contributed by atoms with Crippen molar-refractivity contribution in [3.05, 3.63) is 0 Å². The first-order chi connectivity index (χ1) is 10.6. The maximum Gasteiger partial charge on any atom is 0.342 e. The van der Waals surface area contributed by atoms with E-state index in [4.69, 9.17) is 9.57 Å². The van der Waals surface area contributed by atoms with Crippen molar-refractivity contribution in [1.82, 2.24) is 9.96 Å². The molecule has 2 rings (SSSR count). The first-order valence-corrected chi connectivity index (χ1v) is 8.23. The third-order valence-electron chi connectivity index (χ3n) is 3.24. The molecular formula is C13H18N2O6S. The van der Waals surface area contributed by atoms with Crippen LogP contribution in [0.4, 0.5) is 0 Å². The standard InChI is InChI=1S/C13H18N2O6S/c16-10(14-4-6-20-7-5-14)3-8-22-9-13(19)21-15-11(17)1-2-12(15)18/h1-9H2. The highest BCUT2D eigenvalue weighted by molar-refractivity contribution is 7.99. The summed E-state index contributed by atoms with van der Waals surface area (Å²) < 4.78 is 5.17. The monoisotopic (exact) mass is 330 g/mol. The number of imide groups is 1. The van der Waals surface area contributed by atoms with E-state index in [0.717, 1.165) is 0 Å². The van der Waals surface area contributed by atoms with Crippen molar-refractivity contribution in [3.63, 3.8) is 0 Å². The van der Waals surface area contributed by atoms with Gasteiger partial charge < -0.3 is 14.5 Å². The van der Waals surface area contributed by atoms with Crippen LogP contribution in [0.2, 0.25) is 0 Å². The fourth-order valence-electron chi connectivity index (χ4n) is 2.07. The Hall–Kier alpha value is -1.61. The Labute approximate surface area is 132 Å². The lowest BCUT2D eigenvalue weighted by Gasteiger charge is -2.26. The summed E-state index contributed by atoms with van der Waals surface area (Å²) in [5.41, 5.74) is 0. The number of thioether (sulfide) groups is 1. The molecule has 0 atom stereocenters. The number of ether oxygens (including phenoxy) is 1. The molecule has 9 heteroatoms. The highest BCUT2D eigenvalue weighted by Gasteiger charge is 2.32. The smallest absolute Gasteiger partial charge is 0.342 e. The highest BCUT2D eigenvalue weighted by Crippen LogP contribution is 2.13. The van der Waals surface area contributed by atoms with Crippen LogP contribution in [0.3, 0.4) is 0 Å². The maximum atomic E-state index is 11.9. The Morgan fingerprint density at radius 2 is 1.77 bits per heavy atom. The van der Waals surface area contributed by atoms with Crippen LogP contribution in [0.1, 0.15) is 19.3 Å². The lowest BCUT2D eigenvalue weighted by Crippen LogP contribution is -2.40. The summed E-state index contributed by atoms with van der Waals surface area (Å²) in [7, 11) is 0. The van der Waals surface area contributed by atoms with Gasteiger partial charge in [-0.25, -0.2) is 4.79 Å². The average molecular weight is 330 g/mol. The molecule has 3 amide bonds. The normalized spacial score (nSPS) is 18.7. The molecule has 2 aliphatic heterocycles. The third-order valence-corrected chi connectivity index (χ3v) is 4.18. The Balaban J connectivity index is 1.59. The van der Waals surface area contributed by atoms with E-state index < -0.39 is 17.8 Å². The van der Waals surface area contributed by atoms with Crippen molar-refractivity contribution < 1.29 is 28.8 Å². The molecule has 0 radical (unpaired) electrons. The first-order valence-electron chi connectivity index (χ1n) is 7.08. The first kappa shape index (κ1) is 16.8. The van der Waals surface area contributed by atoms with Crippen LogP contribution in [-0.2, 0) is 28.8 Å². The van der Waals surface area contributed by atoms with Crippen LogP contribution in [0.25, 0.3) is 0 Å². The van der Waals surface area contributed by atoms with Gasteiger partial charge in [0.1, 0.15) is 0 Å². The minimum Gasteiger partial charge on any atom is -0.378 e. The minimum atomic E-state index is -0.660. The predicted octanol–water partition coefficient (Wildman–Crippen LogP) is -0.424. The quantitative estimate of drug-likeness (QED) is 0.482. The zero-order chi connectivity index (χ0) is 15.9. The molecule has 0 saturated carbocycles. The summed E-state index contributed by atoms with van der Waals surface area (Å²) in [6.45, 7) is 2.32. The van der Waals surface area contributed by atoms with Gasteiger partial charge in [0.25, 0.3) is 11.8 Å². The van der Waals surface area contributed by atoms with Crippen LogP contribution >= 0.6 is 11.8 Å². The zero-order valence-electron chi connectivity index (χ0n) is 12.1. The van der Waals surface area contributed by atoms with Crippen molar-refractivity contribution in [2.75, 3.05) is 37.8 Å². The van der Waals surface area contributed by atoms with Gasteiger partial charge in [-0.05, 0) is 0 Å². The lowest BCUT2D eigenvalue weighted by molar-refractivity contribution is -0.195. The van der Waals surface area contributed by atoms with Crippen LogP contribution < -0.4 is 0 Å². The van der Waals surface area contributed by atoms with Gasteiger partial charge in [-0.2, -0.15) is 0 Å². The summed E-state index contributed by atoms with van der Waals surface area (Å²) in [5, 5.41) is 0.530. The largest absolute Gasteiger partial charge is 0.378 e. The molecule has 0 unspecified atom stereocenters. The van der Waals surface area contributed by atoms with E-state index in [1.54, 1.807) is 4.90 Å². The second kappa shape index (κ2) is 8.14. The lowest BCUT2D eigenvalue weighted by atomic mass is 10.3. The minimum absolute atomic E-state index is 0.00650. The Kier molecular flexibility index (Phi) is 6.20. The van der Waals surface area contributed by atoms with Crippen molar-refractivity contribution in [2.45, 2.75) is 19.3 Å². The summed E-state index contributed by atoms with van der Waals surface area (Å²) in [5.74, 6) is -1.14. The van der Waals surface area contributed by atoms with Gasteiger partial charge in [-0.3, -0.25) is 14.4 Å². The molecular weight excluding hydrogens is 312 g/mol. The molecule has 0 bridgehead atoms. The Morgan fingerprint density at radius 3 is 2.41 bits per heavy atom. The summed E-state index contributed by atoms with van der Waals surface area (Å²) in [6, 6.07) is 0. The Bertz CT molecular complexity index is 447. The van der Waals surface area contributed by atoms with Gasteiger partial charge >= 0.3 is 5.97 Å². The second-order valence-corrected chi connectivity index (χ2v) is 5.95. The highest BCUT2D eigenvalue weighted by atomic mass is 32.2. The van der Waals surface area contributed by atoms with Crippen molar-refractivity contribution in [2.24, 2.45) is 0 Å². The van der Waals surface area contributed by atoms with Crippen molar-refractivity contribution >= 4 is 35.5 Å². The molecule has 0 spiro atoms. The zero-order valence-corrected chi connectivity index (χ0v) is 12.9.